The third kappa shape index (κ3) is 0.852. The predicted molar refractivity (Wildman–Crippen MR) is 43.5 cm³/mol. The van der Waals surface area contributed by atoms with Crippen molar-refractivity contribution >= 4 is 10.9 Å². The highest BCUT2D eigenvalue weighted by Crippen LogP contribution is 2.09. The third-order valence-corrected chi connectivity index (χ3v) is 1.79. The van der Waals surface area contributed by atoms with Crippen molar-refractivity contribution < 1.29 is 0 Å². The quantitative estimate of drug-likeness (QED) is 0.591. The van der Waals surface area contributed by atoms with Crippen LogP contribution in [-0.2, 0) is 7.05 Å². The average Bonchev–Trinajstić information content (AvgIpc) is 2.32. The summed E-state index contributed by atoms with van der Waals surface area (Å²) in [6, 6.07) is 3.51. The highest BCUT2D eigenvalue weighted by molar-refractivity contribution is 5.78. The van der Waals surface area contributed by atoms with Crippen LogP contribution < -0.4 is 5.56 Å². The minimum atomic E-state index is -0.0521. The average molecular weight is 148 g/mol. The lowest BCUT2D eigenvalue weighted by Gasteiger charge is -1.92. The first kappa shape index (κ1) is 6.22. The number of H-pyrrole nitrogens is 1. The Balaban J connectivity index is 2.96. The molecule has 2 heterocycles. The van der Waals surface area contributed by atoms with Gasteiger partial charge in [0.15, 0.2) is 0 Å². The Morgan fingerprint density at radius 1 is 1.55 bits per heavy atom. The van der Waals surface area contributed by atoms with Crippen molar-refractivity contribution in [2.75, 3.05) is 0 Å². The molecule has 0 aliphatic carbocycles. The van der Waals surface area contributed by atoms with Gasteiger partial charge in [-0.2, -0.15) is 0 Å². The molecular weight excluding hydrogens is 140 g/mol. The summed E-state index contributed by atoms with van der Waals surface area (Å²) in [6.07, 6.45) is 3.65. The van der Waals surface area contributed by atoms with Gasteiger partial charge in [0.05, 0.1) is 5.52 Å². The summed E-state index contributed by atoms with van der Waals surface area (Å²) in [4.78, 5) is 13.5. The SMILES string of the molecule is Cn1ccc2cc(=O)[nH]cc21. The van der Waals surface area contributed by atoms with Crippen molar-refractivity contribution in [2.24, 2.45) is 7.05 Å². The standard InChI is InChI=1S/C8H8N2O/c1-10-3-2-6-4-8(11)9-5-7(6)10/h2-5H,1H3,(H,9,11). The lowest BCUT2D eigenvalue weighted by molar-refractivity contribution is 0.964. The molecule has 0 aromatic carbocycles. The molecule has 0 aliphatic heterocycles. The highest BCUT2D eigenvalue weighted by Gasteiger charge is 1.95. The van der Waals surface area contributed by atoms with Gasteiger partial charge in [0.2, 0.25) is 5.56 Å². The molecule has 0 aliphatic rings. The van der Waals surface area contributed by atoms with Crippen LogP contribution in [0.2, 0.25) is 0 Å². The first-order valence-corrected chi connectivity index (χ1v) is 3.41. The van der Waals surface area contributed by atoms with Crippen LogP contribution in [0.5, 0.6) is 0 Å². The van der Waals surface area contributed by atoms with Crippen LogP contribution in [0.1, 0.15) is 0 Å². The van der Waals surface area contributed by atoms with Gasteiger partial charge in [-0.1, -0.05) is 0 Å². The molecule has 11 heavy (non-hydrogen) atoms. The molecule has 2 aromatic heterocycles. The molecular formula is C8H8N2O. The second-order valence-electron chi connectivity index (χ2n) is 2.56. The zero-order chi connectivity index (χ0) is 7.84. The first-order valence-electron chi connectivity index (χ1n) is 3.41. The fourth-order valence-electron chi connectivity index (χ4n) is 1.19. The number of aryl methyl sites for hydroxylation is 1. The van der Waals surface area contributed by atoms with Crippen molar-refractivity contribution in [3.8, 4) is 0 Å². The summed E-state index contributed by atoms with van der Waals surface area (Å²) < 4.78 is 1.96. The third-order valence-electron chi connectivity index (χ3n) is 1.79. The maximum absolute atomic E-state index is 10.8. The number of hydrogen-bond donors (Lipinski definition) is 1. The van der Waals surface area contributed by atoms with E-state index in [0.29, 0.717) is 0 Å². The molecule has 56 valence electrons. The van der Waals surface area contributed by atoms with E-state index in [4.69, 9.17) is 0 Å². The van der Waals surface area contributed by atoms with Crippen LogP contribution in [0.4, 0.5) is 0 Å². The molecule has 0 saturated heterocycles. The van der Waals surface area contributed by atoms with Gasteiger partial charge in [0.1, 0.15) is 0 Å². The summed E-state index contributed by atoms with van der Waals surface area (Å²) >= 11 is 0. The van der Waals surface area contributed by atoms with Crippen molar-refractivity contribution in [3.05, 3.63) is 34.9 Å². The lowest BCUT2D eigenvalue weighted by Crippen LogP contribution is -2.01. The zero-order valence-corrected chi connectivity index (χ0v) is 6.16. The Morgan fingerprint density at radius 2 is 2.36 bits per heavy atom. The molecule has 0 bridgehead atoms. The number of rotatable bonds is 0. The van der Waals surface area contributed by atoms with Gasteiger partial charge in [-0.05, 0) is 6.07 Å². The number of aromatic amines is 1. The second-order valence-corrected chi connectivity index (χ2v) is 2.56. The molecule has 2 rings (SSSR count). The van der Waals surface area contributed by atoms with E-state index < -0.39 is 0 Å². The predicted octanol–water partition coefficient (Wildman–Crippen LogP) is 0.867. The van der Waals surface area contributed by atoms with E-state index in [0.717, 1.165) is 10.9 Å². The van der Waals surface area contributed by atoms with Gasteiger partial charge in [-0.3, -0.25) is 4.79 Å². The monoisotopic (exact) mass is 148 g/mol. The summed E-state index contributed by atoms with van der Waals surface area (Å²) in [5.74, 6) is 0. The smallest absolute Gasteiger partial charge is 0.248 e. The molecule has 0 amide bonds. The molecule has 0 unspecified atom stereocenters. The Kier molecular flexibility index (Phi) is 1.12. The van der Waals surface area contributed by atoms with Gasteiger partial charge in [0, 0.05) is 30.9 Å². The summed E-state index contributed by atoms with van der Waals surface area (Å²) in [5, 5.41) is 0.983. The minimum Gasteiger partial charge on any atom is -0.349 e. The van der Waals surface area contributed by atoms with Crippen LogP contribution in [0.25, 0.3) is 10.9 Å². The number of nitrogens with one attached hydrogen (secondary N) is 1. The maximum Gasteiger partial charge on any atom is 0.248 e. The topological polar surface area (TPSA) is 37.8 Å². The van der Waals surface area contributed by atoms with Gasteiger partial charge >= 0.3 is 0 Å². The van der Waals surface area contributed by atoms with E-state index in [1.165, 1.54) is 0 Å². The normalized spacial score (nSPS) is 10.6. The van der Waals surface area contributed by atoms with E-state index >= 15 is 0 Å². The van der Waals surface area contributed by atoms with Gasteiger partial charge < -0.3 is 9.55 Å². The minimum absolute atomic E-state index is 0.0521. The second kappa shape index (κ2) is 1.99. The lowest BCUT2D eigenvalue weighted by atomic mass is 10.3. The van der Waals surface area contributed by atoms with Crippen LogP contribution in [-0.4, -0.2) is 9.55 Å². The number of hydrogen-bond acceptors (Lipinski definition) is 1. The van der Waals surface area contributed by atoms with Crippen LogP contribution >= 0.6 is 0 Å². The number of nitrogens with zero attached hydrogens (tertiary/aromatic N) is 1. The molecule has 0 fully saturated rings. The van der Waals surface area contributed by atoms with Crippen LogP contribution in [0.15, 0.2) is 29.3 Å². The fourth-order valence-corrected chi connectivity index (χ4v) is 1.19. The molecule has 1 N–H and O–H groups in total. The Morgan fingerprint density at radius 3 is 3.18 bits per heavy atom. The molecule has 3 nitrogen and oxygen atoms in total. The fraction of sp³-hybridized carbons (Fsp3) is 0.125. The van der Waals surface area contributed by atoms with Crippen molar-refractivity contribution in [2.45, 2.75) is 0 Å². The first-order chi connectivity index (χ1) is 5.27. The van der Waals surface area contributed by atoms with Gasteiger partial charge in [-0.25, -0.2) is 0 Å². The van der Waals surface area contributed by atoms with E-state index in [1.54, 1.807) is 12.3 Å². The van der Waals surface area contributed by atoms with Crippen LogP contribution in [0.3, 0.4) is 0 Å². The number of pyridine rings is 1. The van der Waals surface area contributed by atoms with E-state index in [-0.39, 0.29) is 5.56 Å². The Hall–Kier alpha value is -1.51. The van der Waals surface area contributed by atoms with Gasteiger partial charge in [0.25, 0.3) is 0 Å². The Labute approximate surface area is 63.3 Å². The number of fused-ring (bicyclic) bond motifs is 1. The van der Waals surface area contributed by atoms with E-state index in [1.807, 2.05) is 23.9 Å². The molecule has 0 atom stereocenters. The van der Waals surface area contributed by atoms with Gasteiger partial charge in [-0.15, -0.1) is 0 Å². The summed E-state index contributed by atoms with van der Waals surface area (Å²) in [6.45, 7) is 0. The highest BCUT2D eigenvalue weighted by atomic mass is 16.1. The van der Waals surface area contributed by atoms with Crippen LogP contribution in [0, 0.1) is 0 Å². The van der Waals surface area contributed by atoms with E-state index in [2.05, 4.69) is 4.98 Å². The number of aromatic nitrogens is 2. The van der Waals surface area contributed by atoms with Crippen molar-refractivity contribution in [1.82, 2.24) is 9.55 Å². The maximum atomic E-state index is 10.8. The summed E-state index contributed by atoms with van der Waals surface area (Å²) in [7, 11) is 1.95. The van der Waals surface area contributed by atoms with Crippen molar-refractivity contribution in [3.63, 3.8) is 0 Å². The molecule has 0 saturated carbocycles. The molecule has 2 aromatic rings. The van der Waals surface area contributed by atoms with E-state index in [9.17, 15) is 4.79 Å². The van der Waals surface area contributed by atoms with Crippen molar-refractivity contribution in [1.29, 1.82) is 0 Å². The molecule has 0 spiro atoms. The summed E-state index contributed by atoms with van der Waals surface area (Å²) in [5.41, 5.74) is 0.994. The largest absolute Gasteiger partial charge is 0.349 e. The zero-order valence-electron chi connectivity index (χ0n) is 6.16. The molecule has 3 heteroatoms. The Bertz CT molecular complexity index is 439. The molecule has 0 radical (unpaired) electrons.